The van der Waals surface area contributed by atoms with Gasteiger partial charge in [-0.15, -0.1) is 0 Å². The number of carbonyl (C=O) groups excluding carboxylic acids is 3. The first-order valence-electron chi connectivity index (χ1n) is 36.1. The highest BCUT2D eigenvalue weighted by molar-refractivity contribution is 5.71. The van der Waals surface area contributed by atoms with Gasteiger partial charge in [0.15, 0.2) is 6.10 Å². The van der Waals surface area contributed by atoms with E-state index in [2.05, 4.69) is 69.4 Å². The van der Waals surface area contributed by atoms with Gasteiger partial charge in [0.25, 0.3) is 0 Å². The molecule has 0 aliphatic rings. The van der Waals surface area contributed by atoms with E-state index in [-0.39, 0.29) is 31.1 Å². The van der Waals surface area contributed by atoms with Gasteiger partial charge in [0, 0.05) is 19.3 Å². The fourth-order valence-electron chi connectivity index (χ4n) is 10.9. The molecule has 0 heterocycles. The molecule has 6 nitrogen and oxygen atoms in total. The van der Waals surface area contributed by atoms with Crippen LogP contribution < -0.4 is 0 Å². The predicted molar refractivity (Wildman–Crippen MR) is 353 cm³/mol. The molecule has 0 aliphatic carbocycles. The van der Waals surface area contributed by atoms with Gasteiger partial charge >= 0.3 is 17.9 Å². The Balaban J connectivity index is 4.16. The number of unbranched alkanes of at least 4 members (excludes halogenated alkanes) is 48. The quantitative estimate of drug-likeness (QED) is 0.0261. The summed E-state index contributed by atoms with van der Waals surface area (Å²) in [7, 11) is 0. The molecule has 0 saturated carbocycles. The van der Waals surface area contributed by atoms with E-state index in [0.717, 1.165) is 70.6 Å². The number of esters is 3. The van der Waals surface area contributed by atoms with Crippen molar-refractivity contribution in [2.75, 3.05) is 13.2 Å². The van der Waals surface area contributed by atoms with E-state index in [4.69, 9.17) is 14.2 Å². The van der Waals surface area contributed by atoms with Crippen LogP contribution in [0.25, 0.3) is 0 Å². The summed E-state index contributed by atoms with van der Waals surface area (Å²) < 4.78 is 17.0. The van der Waals surface area contributed by atoms with Crippen LogP contribution in [0.1, 0.15) is 393 Å². The summed E-state index contributed by atoms with van der Waals surface area (Å²) in [6.07, 6.45) is 88.6. The van der Waals surface area contributed by atoms with Crippen LogP contribution in [0.2, 0.25) is 0 Å². The Morgan fingerprint density at radius 1 is 0.247 bits per heavy atom. The number of hydrogen-bond acceptors (Lipinski definition) is 6. The van der Waals surface area contributed by atoms with Crippen LogP contribution in [0.15, 0.2) is 48.6 Å². The molecular weight excluding hydrogens is 997 g/mol. The molecule has 0 bridgehead atoms. The van der Waals surface area contributed by atoms with Gasteiger partial charge < -0.3 is 14.2 Å². The zero-order valence-electron chi connectivity index (χ0n) is 54.6. The molecule has 0 amide bonds. The zero-order valence-corrected chi connectivity index (χ0v) is 54.6. The highest BCUT2D eigenvalue weighted by Gasteiger charge is 2.19. The lowest BCUT2D eigenvalue weighted by Gasteiger charge is -2.18. The minimum Gasteiger partial charge on any atom is -0.462 e. The van der Waals surface area contributed by atoms with Gasteiger partial charge in [-0.3, -0.25) is 14.4 Å². The van der Waals surface area contributed by atoms with Crippen molar-refractivity contribution >= 4 is 17.9 Å². The SMILES string of the molecule is CCCCC/C=C\C/C=C\CCCCCCCCCCCC(=O)OC(COC(=O)CCCCCCCCCCCCCCC)COC(=O)CCCCCCCCCCCCCCCCCCCCC/C=C\C/C=C\CCCCCCC. The van der Waals surface area contributed by atoms with Crippen molar-refractivity contribution < 1.29 is 28.6 Å². The molecule has 0 aromatic carbocycles. The lowest BCUT2D eigenvalue weighted by atomic mass is 10.0. The smallest absolute Gasteiger partial charge is 0.306 e. The number of hydrogen-bond donors (Lipinski definition) is 0. The first-order valence-corrected chi connectivity index (χ1v) is 36.1. The fraction of sp³-hybridized carbons (Fsp3) is 0.853. The number of rotatable bonds is 67. The molecule has 0 aromatic heterocycles. The molecule has 0 aliphatic heterocycles. The average Bonchev–Trinajstić information content (AvgIpc) is 3.46. The Kier molecular flexibility index (Phi) is 67.6. The maximum atomic E-state index is 12.9. The van der Waals surface area contributed by atoms with Gasteiger partial charge in [-0.05, 0) is 83.5 Å². The number of ether oxygens (including phenoxy) is 3. The summed E-state index contributed by atoms with van der Waals surface area (Å²) in [5, 5.41) is 0. The molecule has 0 radical (unpaired) electrons. The van der Waals surface area contributed by atoms with Crippen molar-refractivity contribution in [1.82, 2.24) is 0 Å². The molecule has 474 valence electrons. The van der Waals surface area contributed by atoms with Crippen LogP contribution in [-0.2, 0) is 28.6 Å². The van der Waals surface area contributed by atoms with Crippen molar-refractivity contribution in [2.45, 2.75) is 399 Å². The molecule has 1 atom stereocenters. The maximum absolute atomic E-state index is 12.9. The third-order valence-corrected chi connectivity index (χ3v) is 16.3. The van der Waals surface area contributed by atoms with E-state index in [1.165, 1.54) is 283 Å². The molecule has 81 heavy (non-hydrogen) atoms. The standard InChI is InChI=1S/C75H138O6/c1-4-7-10-13-16-19-22-25-27-29-31-32-33-34-35-36-37-38-39-40-41-42-44-45-47-50-53-56-59-62-65-68-74(77)80-71-72(70-79-73(76)67-64-61-58-55-52-49-24-21-18-15-12-9-6-3)81-75(78)69-66-63-60-57-54-51-48-46-43-30-28-26-23-20-17-14-11-8-5-2/h17,20,22,25-26,28-29,31,72H,4-16,18-19,21,23-24,27,30,32-71H2,1-3H3/b20-17-,25-22-,28-26-,31-29-. The average molecular weight is 1140 g/mol. The minimum atomic E-state index is -0.773. The minimum absolute atomic E-state index is 0.0691. The van der Waals surface area contributed by atoms with Gasteiger partial charge in [0.1, 0.15) is 13.2 Å². The van der Waals surface area contributed by atoms with E-state index >= 15 is 0 Å². The summed E-state index contributed by atoms with van der Waals surface area (Å²) in [5.41, 5.74) is 0. The molecule has 0 saturated heterocycles. The monoisotopic (exact) mass is 1140 g/mol. The summed E-state index contributed by atoms with van der Waals surface area (Å²) >= 11 is 0. The van der Waals surface area contributed by atoms with E-state index in [1.807, 2.05) is 0 Å². The van der Waals surface area contributed by atoms with E-state index in [9.17, 15) is 14.4 Å². The Morgan fingerprint density at radius 2 is 0.444 bits per heavy atom. The van der Waals surface area contributed by atoms with Crippen LogP contribution in [-0.4, -0.2) is 37.2 Å². The van der Waals surface area contributed by atoms with E-state index < -0.39 is 6.10 Å². The van der Waals surface area contributed by atoms with Crippen LogP contribution in [0, 0.1) is 0 Å². The molecule has 0 aromatic rings. The Hall–Kier alpha value is -2.63. The van der Waals surface area contributed by atoms with Crippen molar-refractivity contribution in [1.29, 1.82) is 0 Å². The maximum Gasteiger partial charge on any atom is 0.306 e. The molecule has 0 fully saturated rings. The molecule has 0 N–H and O–H groups in total. The van der Waals surface area contributed by atoms with Gasteiger partial charge in [-0.2, -0.15) is 0 Å². The summed E-state index contributed by atoms with van der Waals surface area (Å²) in [4.78, 5) is 38.4. The Morgan fingerprint density at radius 3 is 0.704 bits per heavy atom. The van der Waals surface area contributed by atoms with Crippen LogP contribution >= 0.6 is 0 Å². The third-order valence-electron chi connectivity index (χ3n) is 16.3. The second-order valence-electron chi connectivity index (χ2n) is 24.5. The third kappa shape index (κ3) is 68.0. The molecule has 0 rings (SSSR count). The highest BCUT2D eigenvalue weighted by Crippen LogP contribution is 2.18. The van der Waals surface area contributed by atoms with Crippen LogP contribution in [0.4, 0.5) is 0 Å². The Bertz CT molecular complexity index is 1400. The summed E-state index contributed by atoms with van der Waals surface area (Å²) in [5.74, 6) is -0.846. The predicted octanol–water partition coefficient (Wildman–Crippen LogP) is 24.9. The highest BCUT2D eigenvalue weighted by atomic mass is 16.6. The van der Waals surface area contributed by atoms with Gasteiger partial charge in [-0.1, -0.05) is 339 Å². The molecule has 0 spiro atoms. The molecule has 6 heteroatoms. The second-order valence-corrected chi connectivity index (χ2v) is 24.5. The number of carbonyl (C=O) groups is 3. The van der Waals surface area contributed by atoms with Crippen LogP contribution in [0.5, 0.6) is 0 Å². The van der Waals surface area contributed by atoms with Gasteiger partial charge in [0.05, 0.1) is 0 Å². The van der Waals surface area contributed by atoms with Gasteiger partial charge in [0.2, 0.25) is 0 Å². The van der Waals surface area contributed by atoms with Crippen molar-refractivity contribution in [3.05, 3.63) is 48.6 Å². The van der Waals surface area contributed by atoms with E-state index in [0.29, 0.717) is 19.3 Å². The molecule has 1 unspecified atom stereocenters. The normalized spacial score (nSPS) is 12.3. The first kappa shape index (κ1) is 78.4. The van der Waals surface area contributed by atoms with Crippen molar-refractivity contribution in [3.63, 3.8) is 0 Å². The lowest BCUT2D eigenvalue weighted by molar-refractivity contribution is -0.167. The van der Waals surface area contributed by atoms with Crippen molar-refractivity contribution in [2.24, 2.45) is 0 Å². The Labute approximate surface area is 505 Å². The van der Waals surface area contributed by atoms with E-state index in [1.54, 1.807) is 0 Å². The van der Waals surface area contributed by atoms with Crippen molar-refractivity contribution in [3.8, 4) is 0 Å². The summed E-state index contributed by atoms with van der Waals surface area (Å²) in [6.45, 7) is 6.67. The van der Waals surface area contributed by atoms with Crippen LogP contribution in [0.3, 0.4) is 0 Å². The fourth-order valence-corrected chi connectivity index (χ4v) is 10.9. The number of allylic oxidation sites excluding steroid dienone is 8. The summed E-state index contributed by atoms with van der Waals surface area (Å²) in [6, 6.07) is 0. The van der Waals surface area contributed by atoms with Gasteiger partial charge in [-0.25, -0.2) is 0 Å². The first-order chi connectivity index (χ1) is 40.0. The molecular formula is C75H138O6. The largest absolute Gasteiger partial charge is 0.462 e. The zero-order chi connectivity index (χ0) is 58.5. The second kappa shape index (κ2) is 69.9. The lowest BCUT2D eigenvalue weighted by Crippen LogP contribution is -2.30. The topological polar surface area (TPSA) is 78.9 Å².